The largest absolute Gasteiger partial charge is 0.481 e. The molecule has 3 rings (SSSR count). The Balaban J connectivity index is 1.86. The van der Waals surface area contributed by atoms with E-state index < -0.39 is 5.97 Å². The van der Waals surface area contributed by atoms with Crippen molar-refractivity contribution in [3.63, 3.8) is 0 Å². The summed E-state index contributed by atoms with van der Waals surface area (Å²) in [5.74, 6) is 0.00707. The van der Waals surface area contributed by atoms with E-state index in [-0.39, 0.29) is 12.0 Å². The fourth-order valence-electron chi connectivity index (χ4n) is 2.65. The third-order valence-corrected chi connectivity index (χ3v) is 3.79. The number of pyridine rings is 1. The zero-order valence-electron chi connectivity index (χ0n) is 10.6. The van der Waals surface area contributed by atoms with Crippen LogP contribution in [0.1, 0.15) is 25.7 Å². The lowest BCUT2D eigenvalue weighted by Crippen LogP contribution is -2.46. The Bertz CT molecular complexity index is 620. The summed E-state index contributed by atoms with van der Waals surface area (Å²) >= 11 is 0. The van der Waals surface area contributed by atoms with E-state index in [1.165, 1.54) is 0 Å². The molecule has 0 saturated heterocycles. The first kappa shape index (κ1) is 12.0. The summed E-state index contributed by atoms with van der Waals surface area (Å²) in [5, 5.41) is 13.4. The maximum atomic E-state index is 10.9. The summed E-state index contributed by atoms with van der Waals surface area (Å²) in [4.78, 5) is 15.5. The van der Waals surface area contributed by atoms with Crippen molar-refractivity contribution in [2.24, 2.45) is 0 Å². The molecule has 1 aromatic heterocycles. The molecular weight excluding hydrogens is 240 g/mol. The number of anilines is 1. The second kappa shape index (κ2) is 4.53. The predicted octanol–water partition coefficient (Wildman–Crippen LogP) is 3.04. The molecular formula is C15H16N2O2. The van der Waals surface area contributed by atoms with Gasteiger partial charge in [0.2, 0.25) is 0 Å². The highest BCUT2D eigenvalue weighted by molar-refractivity contribution is 5.80. The number of carboxylic acid groups (broad SMARTS) is 1. The number of para-hydroxylation sites is 1. The van der Waals surface area contributed by atoms with Crippen LogP contribution < -0.4 is 5.32 Å². The van der Waals surface area contributed by atoms with E-state index in [0.29, 0.717) is 0 Å². The van der Waals surface area contributed by atoms with Crippen LogP contribution in [0, 0.1) is 0 Å². The number of carbonyl (C=O) groups is 1. The third kappa shape index (κ3) is 2.38. The van der Waals surface area contributed by atoms with Crippen LogP contribution in [0.5, 0.6) is 0 Å². The van der Waals surface area contributed by atoms with Gasteiger partial charge >= 0.3 is 5.97 Å². The molecule has 0 atom stereocenters. The van der Waals surface area contributed by atoms with Gasteiger partial charge in [0.05, 0.1) is 11.9 Å². The number of nitrogens with one attached hydrogen (secondary N) is 1. The summed E-state index contributed by atoms with van der Waals surface area (Å²) in [7, 11) is 0. The van der Waals surface area contributed by atoms with Crippen LogP contribution in [0.25, 0.3) is 10.9 Å². The Morgan fingerprint density at radius 2 is 2.05 bits per heavy atom. The fourth-order valence-corrected chi connectivity index (χ4v) is 2.65. The molecule has 0 bridgehead atoms. The zero-order valence-corrected chi connectivity index (χ0v) is 10.6. The first-order valence-electron chi connectivity index (χ1n) is 6.53. The minimum atomic E-state index is -0.756. The highest BCUT2D eigenvalue weighted by Crippen LogP contribution is 2.38. The van der Waals surface area contributed by atoms with E-state index in [1.807, 2.05) is 36.4 Å². The number of nitrogens with zero attached hydrogens (tertiary/aromatic N) is 1. The van der Waals surface area contributed by atoms with Crippen molar-refractivity contribution in [2.75, 3.05) is 5.32 Å². The van der Waals surface area contributed by atoms with Gasteiger partial charge in [-0.05, 0) is 37.5 Å². The molecule has 0 spiro atoms. The summed E-state index contributed by atoms with van der Waals surface area (Å²) in [6, 6.07) is 11.8. The van der Waals surface area contributed by atoms with Crippen molar-refractivity contribution >= 4 is 22.7 Å². The molecule has 1 fully saturated rings. The molecule has 1 aliphatic rings. The monoisotopic (exact) mass is 256 g/mol. The Morgan fingerprint density at radius 1 is 1.26 bits per heavy atom. The van der Waals surface area contributed by atoms with Crippen molar-refractivity contribution in [1.29, 1.82) is 0 Å². The Hall–Kier alpha value is -2.10. The molecule has 1 saturated carbocycles. The van der Waals surface area contributed by atoms with Gasteiger partial charge in [0, 0.05) is 10.9 Å². The van der Waals surface area contributed by atoms with Crippen LogP contribution in [0.15, 0.2) is 36.4 Å². The minimum Gasteiger partial charge on any atom is -0.481 e. The van der Waals surface area contributed by atoms with Gasteiger partial charge in [-0.15, -0.1) is 0 Å². The second-order valence-corrected chi connectivity index (χ2v) is 5.22. The normalized spacial score (nSPS) is 16.8. The lowest BCUT2D eigenvalue weighted by molar-refractivity contribution is -0.138. The Kier molecular flexibility index (Phi) is 2.85. The number of hydrogen-bond acceptors (Lipinski definition) is 3. The predicted molar refractivity (Wildman–Crippen MR) is 74.2 cm³/mol. The van der Waals surface area contributed by atoms with Gasteiger partial charge < -0.3 is 10.4 Å². The standard InChI is InChI=1S/C15H16N2O2/c18-14(19)10-15(8-3-9-15)17-13-7-6-11-4-1-2-5-12(11)16-13/h1-2,4-7H,3,8-10H2,(H,16,17)(H,18,19). The highest BCUT2D eigenvalue weighted by Gasteiger charge is 2.39. The third-order valence-electron chi connectivity index (χ3n) is 3.79. The van der Waals surface area contributed by atoms with E-state index in [0.717, 1.165) is 36.0 Å². The van der Waals surface area contributed by atoms with Gasteiger partial charge in [0.1, 0.15) is 5.82 Å². The maximum absolute atomic E-state index is 10.9. The van der Waals surface area contributed by atoms with Crippen molar-refractivity contribution in [3.05, 3.63) is 36.4 Å². The van der Waals surface area contributed by atoms with E-state index in [4.69, 9.17) is 5.11 Å². The molecule has 19 heavy (non-hydrogen) atoms. The highest BCUT2D eigenvalue weighted by atomic mass is 16.4. The van der Waals surface area contributed by atoms with E-state index in [2.05, 4.69) is 10.3 Å². The van der Waals surface area contributed by atoms with E-state index in [1.54, 1.807) is 0 Å². The smallest absolute Gasteiger partial charge is 0.305 e. The lowest BCUT2D eigenvalue weighted by Gasteiger charge is -2.42. The van der Waals surface area contributed by atoms with Crippen LogP contribution in [-0.4, -0.2) is 21.6 Å². The Labute approximate surface area is 111 Å². The molecule has 2 aromatic rings. The zero-order chi connectivity index (χ0) is 13.3. The van der Waals surface area contributed by atoms with Gasteiger partial charge in [-0.25, -0.2) is 4.98 Å². The molecule has 0 unspecified atom stereocenters. The number of hydrogen-bond donors (Lipinski definition) is 2. The van der Waals surface area contributed by atoms with E-state index in [9.17, 15) is 4.79 Å². The van der Waals surface area contributed by atoms with Crippen LogP contribution >= 0.6 is 0 Å². The van der Waals surface area contributed by atoms with E-state index >= 15 is 0 Å². The van der Waals surface area contributed by atoms with Crippen LogP contribution in [-0.2, 0) is 4.79 Å². The molecule has 4 heteroatoms. The summed E-state index contributed by atoms with van der Waals surface area (Å²) < 4.78 is 0. The van der Waals surface area contributed by atoms with Gasteiger partial charge in [0.15, 0.2) is 0 Å². The number of carboxylic acids is 1. The van der Waals surface area contributed by atoms with Crippen LogP contribution in [0.4, 0.5) is 5.82 Å². The molecule has 1 aromatic carbocycles. The van der Waals surface area contributed by atoms with Crippen molar-refractivity contribution in [1.82, 2.24) is 4.98 Å². The second-order valence-electron chi connectivity index (χ2n) is 5.22. The minimum absolute atomic E-state index is 0.154. The van der Waals surface area contributed by atoms with Gasteiger partial charge in [-0.2, -0.15) is 0 Å². The molecule has 2 N–H and O–H groups in total. The number of aliphatic carboxylic acids is 1. The summed E-state index contributed by atoms with van der Waals surface area (Å²) in [6.45, 7) is 0. The van der Waals surface area contributed by atoms with Gasteiger partial charge in [-0.3, -0.25) is 4.79 Å². The number of rotatable bonds is 4. The molecule has 1 aliphatic carbocycles. The average Bonchev–Trinajstić information content (AvgIpc) is 2.35. The molecule has 4 nitrogen and oxygen atoms in total. The van der Waals surface area contributed by atoms with Gasteiger partial charge in [-0.1, -0.05) is 18.2 Å². The molecule has 0 amide bonds. The van der Waals surface area contributed by atoms with Crippen LogP contribution in [0.2, 0.25) is 0 Å². The Morgan fingerprint density at radius 3 is 2.74 bits per heavy atom. The summed E-state index contributed by atoms with van der Waals surface area (Å²) in [5.41, 5.74) is 0.624. The van der Waals surface area contributed by atoms with Crippen molar-refractivity contribution < 1.29 is 9.90 Å². The average molecular weight is 256 g/mol. The fraction of sp³-hybridized carbons (Fsp3) is 0.333. The molecule has 98 valence electrons. The molecule has 1 heterocycles. The van der Waals surface area contributed by atoms with Crippen molar-refractivity contribution in [2.45, 2.75) is 31.2 Å². The summed E-state index contributed by atoms with van der Waals surface area (Å²) in [6.07, 6.45) is 3.02. The maximum Gasteiger partial charge on any atom is 0.305 e. The number of aromatic nitrogens is 1. The van der Waals surface area contributed by atoms with Crippen molar-refractivity contribution in [3.8, 4) is 0 Å². The number of benzene rings is 1. The SMILES string of the molecule is O=C(O)CC1(Nc2ccc3ccccc3n2)CCC1. The molecule has 0 aliphatic heterocycles. The topological polar surface area (TPSA) is 62.2 Å². The lowest BCUT2D eigenvalue weighted by atomic mass is 9.74. The quantitative estimate of drug-likeness (QED) is 0.882. The molecule has 0 radical (unpaired) electrons. The number of fused-ring (bicyclic) bond motifs is 1. The first-order valence-corrected chi connectivity index (χ1v) is 6.53. The van der Waals surface area contributed by atoms with Gasteiger partial charge in [0.25, 0.3) is 0 Å². The van der Waals surface area contributed by atoms with Crippen LogP contribution in [0.3, 0.4) is 0 Å². The first-order chi connectivity index (χ1) is 9.17.